The van der Waals surface area contributed by atoms with Crippen LogP contribution in [0.5, 0.6) is 0 Å². The minimum Gasteiger partial charge on any atom is -0.459 e. The Morgan fingerprint density at radius 3 is 2.67 bits per heavy atom. The van der Waals surface area contributed by atoms with Gasteiger partial charge in [-0.15, -0.1) is 10.2 Å². The third-order valence-corrected chi connectivity index (χ3v) is 4.93. The molecular weight excluding hydrogens is 308 g/mol. The average molecular weight is 330 g/mol. The SMILES string of the molecule is O=C(CN1CCC(c2nnc(-c3ccco3)o2)CC1)N1CCCC1. The predicted molar refractivity (Wildman–Crippen MR) is 86.2 cm³/mol. The Kier molecular flexibility index (Phi) is 4.34. The molecule has 0 aliphatic carbocycles. The van der Waals surface area contributed by atoms with Crippen LogP contribution in [-0.2, 0) is 4.79 Å². The molecule has 4 heterocycles. The number of furan rings is 1. The molecule has 2 saturated heterocycles. The van der Waals surface area contributed by atoms with Crippen molar-refractivity contribution in [3.8, 4) is 11.7 Å². The van der Waals surface area contributed by atoms with Crippen molar-refractivity contribution in [1.29, 1.82) is 0 Å². The second-order valence-electron chi connectivity index (χ2n) is 6.56. The number of hydrogen-bond acceptors (Lipinski definition) is 6. The Labute approximate surface area is 140 Å². The fourth-order valence-electron chi connectivity index (χ4n) is 3.50. The second kappa shape index (κ2) is 6.76. The molecule has 24 heavy (non-hydrogen) atoms. The van der Waals surface area contributed by atoms with Crippen molar-refractivity contribution < 1.29 is 13.6 Å². The van der Waals surface area contributed by atoms with Crippen LogP contribution in [0, 0.1) is 0 Å². The van der Waals surface area contributed by atoms with E-state index in [9.17, 15) is 4.79 Å². The first-order chi connectivity index (χ1) is 11.8. The molecule has 7 heteroatoms. The summed E-state index contributed by atoms with van der Waals surface area (Å²) in [6, 6.07) is 3.61. The number of hydrogen-bond donors (Lipinski definition) is 0. The normalized spacial score (nSPS) is 19.9. The summed E-state index contributed by atoms with van der Waals surface area (Å²) in [5.41, 5.74) is 0. The Bertz CT molecular complexity index is 668. The molecule has 0 N–H and O–H groups in total. The van der Waals surface area contributed by atoms with Crippen LogP contribution in [0.15, 0.2) is 27.2 Å². The van der Waals surface area contributed by atoms with E-state index < -0.39 is 0 Å². The van der Waals surface area contributed by atoms with E-state index in [0.717, 1.165) is 51.9 Å². The van der Waals surface area contributed by atoms with Crippen molar-refractivity contribution >= 4 is 5.91 Å². The highest BCUT2D eigenvalue weighted by Gasteiger charge is 2.28. The predicted octanol–water partition coefficient (Wildman–Crippen LogP) is 2.13. The molecule has 0 bridgehead atoms. The second-order valence-corrected chi connectivity index (χ2v) is 6.56. The van der Waals surface area contributed by atoms with Gasteiger partial charge in [-0.25, -0.2) is 0 Å². The summed E-state index contributed by atoms with van der Waals surface area (Å²) < 4.78 is 11.0. The van der Waals surface area contributed by atoms with E-state index >= 15 is 0 Å². The molecule has 0 atom stereocenters. The summed E-state index contributed by atoms with van der Waals surface area (Å²) in [6.45, 7) is 4.17. The van der Waals surface area contributed by atoms with Crippen LogP contribution in [0.25, 0.3) is 11.7 Å². The van der Waals surface area contributed by atoms with Gasteiger partial charge in [0.1, 0.15) is 0 Å². The number of rotatable bonds is 4. The molecule has 0 aromatic carbocycles. The van der Waals surface area contributed by atoms with Crippen molar-refractivity contribution in [3.05, 3.63) is 24.3 Å². The van der Waals surface area contributed by atoms with Crippen LogP contribution in [0.4, 0.5) is 0 Å². The Morgan fingerprint density at radius 2 is 1.96 bits per heavy atom. The van der Waals surface area contributed by atoms with Gasteiger partial charge in [-0.3, -0.25) is 9.69 Å². The topological polar surface area (TPSA) is 75.6 Å². The van der Waals surface area contributed by atoms with E-state index in [1.807, 2.05) is 11.0 Å². The molecule has 2 fully saturated rings. The zero-order valence-electron chi connectivity index (χ0n) is 13.7. The van der Waals surface area contributed by atoms with Gasteiger partial charge in [0.05, 0.1) is 12.8 Å². The molecule has 0 saturated carbocycles. The van der Waals surface area contributed by atoms with Gasteiger partial charge < -0.3 is 13.7 Å². The fourth-order valence-corrected chi connectivity index (χ4v) is 3.50. The Hall–Kier alpha value is -2.15. The highest BCUT2D eigenvalue weighted by atomic mass is 16.4. The quantitative estimate of drug-likeness (QED) is 0.855. The van der Waals surface area contributed by atoms with E-state index in [1.165, 1.54) is 0 Å². The molecule has 2 aromatic heterocycles. The highest BCUT2D eigenvalue weighted by Crippen LogP contribution is 2.29. The lowest BCUT2D eigenvalue weighted by molar-refractivity contribution is -0.131. The van der Waals surface area contributed by atoms with E-state index in [0.29, 0.717) is 24.1 Å². The summed E-state index contributed by atoms with van der Waals surface area (Å²) in [5.74, 6) is 2.24. The van der Waals surface area contributed by atoms with Gasteiger partial charge in [0.25, 0.3) is 5.89 Å². The standard InChI is InChI=1S/C17H22N4O3/c22-15(21-7-1-2-8-21)12-20-9-5-13(6-10-20)16-18-19-17(24-16)14-4-3-11-23-14/h3-4,11,13H,1-2,5-10,12H2. The van der Waals surface area contributed by atoms with E-state index in [-0.39, 0.29) is 11.8 Å². The third-order valence-electron chi connectivity index (χ3n) is 4.93. The van der Waals surface area contributed by atoms with Crippen molar-refractivity contribution in [3.63, 3.8) is 0 Å². The number of nitrogens with zero attached hydrogens (tertiary/aromatic N) is 4. The lowest BCUT2D eigenvalue weighted by Gasteiger charge is -2.31. The van der Waals surface area contributed by atoms with Crippen LogP contribution in [0.1, 0.15) is 37.5 Å². The summed E-state index contributed by atoms with van der Waals surface area (Å²) >= 11 is 0. The number of piperidine rings is 1. The van der Waals surface area contributed by atoms with Gasteiger partial charge in [-0.2, -0.15) is 0 Å². The lowest BCUT2D eigenvalue weighted by Crippen LogP contribution is -2.42. The van der Waals surface area contributed by atoms with Crippen LogP contribution >= 0.6 is 0 Å². The Balaban J connectivity index is 1.30. The molecule has 128 valence electrons. The van der Waals surface area contributed by atoms with Crippen LogP contribution in [0.2, 0.25) is 0 Å². The van der Waals surface area contributed by atoms with Gasteiger partial charge in [-0.05, 0) is 50.9 Å². The number of carbonyl (C=O) groups is 1. The van der Waals surface area contributed by atoms with Gasteiger partial charge in [0.15, 0.2) is 5.76 Å². The number of aromatic nitrogens is 2. The van der Waals surface area contributed by atoms with Gasteiger partial charge in [0, 0.05) is 19.0 Å². The Morgan fingerprint density at radius 1 is 1.17 bits per heavy atom. The van der Waals surface area contributed by atoms with Gasteiger partial charge in [0.2, 0.25) is 11.8 Å². The summed E-state index contributed by atoms with van der Waals surface area (Å²) in [6.07, 6.45) is 5.75. The van der Waals surface area contributed by atoms with Gasteiger partial charge >= 0.3 is 0 Å². The summed E-state index contributed by atoms with van der Waals surface area (Å²) in [7, 11) is 0. The molecule has 7 nitrogen and oxygen atoms in total. The smallest absolute Gasteiger partial charge is 0.283 e. The lowest BCUT2D eigenvalue weighted by atomic mass is 9.97. The molecule has 0 radical (unpaired) electrons. The minimum atomic E-state index is 0.263. The zero-order chi connectivity index (χ0) is 16.4. The summed E-state index contributed by atoms with van der Waals surface area (Å²) in [4.78, 5) is 16.5. The molecule has 0 unspecified atom stereocenters. The maximum absolute atomic E-state index is 12.2. The van der Waals surface area contributed by atoms with Crippen molar-refractivity contribution in [2.45, 2.75) is 31.6 Å². The zero-order valence-corrected chi connectivity index (χ0v) is 13.7. The number of amides is 1. The van der Waals surface area contributed by atoms with E-state index in [2.05, 4.69) is 15.1 Å². The molecule has 4 rings (SSSR count). The highest BCUT2D eigenvalue weighted by molar-refractivity contribution is 5.78. The van der Waals surface area contributed by atoms with E-state index in [4.69, 9.17) is 8.83 Å². The van der Waals surface area contributed by atoms with Crippen LogP contribution in [0.3, 0.4) is 0 Å². The van der Waals surface area contributed by atoms with Crippen LogP contribution < -0.4 is 0 Å². The van der Waals surface area contributed by atoms with Gasteiger partial charge in [-0.1, -0.05) is 0 Å². The average Bonchev–Trinajstić information content (AvgIpc) is 3.35. The number of carbonyl (C=O) groups excluding carboxylic acids is 1. The van der Waals surface area contributed by atoms with Crippen LogP contribution in [-0.4, -0.2) is 58.6 Å². The summed E-state index contributed by atoms with van der Waals surface area (Å²) in [5, 5.41) is 8.24. The molecule has 2 aromatic rings. The molecule has 0 spiro atoms. The minimum absolute atomic E-state index is 0.263. The maximum atomic E-state index is 12.2. The largest absolute Gasteiger partial charge is 0.459 e. The van der Waals surface area contributed by atoms with Crippen molar-refractivity contribution in [2.24, 2.45) is 0 Å². The first-order valence-corrected chi connectivity index (χ1v) is 8.67. The van der Waals surface area contributed by atoms with Crippen molar-refractivity contribution in [1.82, 2.24) is 20.0 Å². The first kappa shape index (κ1) is 15.4. The molecule has 1 amide bonds. The molecule has 2 aliphatic rings. The van der Waals surface area contributed by atoms with Crippen molar-refractivity contribution in [2.75, 3.05) is 32.7 Å². The molecular formula is C17H22N4O3. The van der Waals surface area contributed by atoms with E-state index in [1.54, 1.807) is 12.3 Å². The number of likely N-dealkylation sites (tertiary alicyclic amines) is 2. The first-order valence-electron chi connectivity index (χ1n) is 8.67. The monoisotopic (exact) mass is 330 g/mol. The fraction of sp³-hybridized carbons (Fsp3) is 0.588. The third kappa shape index (κ3) is 3.21. The maximum Gasteiger partial charge on any atom is 0.283 e. The molecule has 2 aliphatic heterocycles.